The van der Waals surface area contributed by atoms with Gasteiger partial charge in [-0.3, -0.25) is 4.79 Å². The molecule has 1 aromatic carbocycles. The van der Waals surface area contributed by atoms with E-state index in [2.05, 4.69) is 6.92 Å². The van der Waals surface area contributed by atoms with Gasteiger partial charge in [0, 0.05) is 12.6 Å². The SMILES string of the molecule is C[C@H]1CCCCN1C(=O)COc1ccc(F)cc1. The van der Waals surface area contributed by atoms with Crippen LogP contribution < -0.4 is 4.74 Å². The van der Waals surface area contributed by atoms with E-state index in [-0.39, 0.29) is 18.3 Å². The van der Waals surface area contributed by atoms with E-state index in [9.17, 15) is 9.18 Å². The van der Waals surface area contributed by atoms with Crippen molar-refractivity contribution in [2.24, 2.45) is 0 Å². The Labute approximate surface area is 107 Å². The molecule has 1 heterocycles. The van der Waals surface area contributed by atoms with Crippen LogP contribution >= 0.6 is 0 Å². The lowest BCUT2D eigenvalue weighted by Crippen LogP contribution is -2.44. The molecule has 1 fully saturated rings. The van der Waals surface area contributed by atoms with Crippen LogP contribution in [0.15, 0.2) is 24.3 Å². The zero-order chi connectivity index (χ0) is 13.0. The fourth-order valence-corrected chi connectivity index (χ4v) is 2.23. The summed E-state index contributed by atoms with van der Waals surface area (Å²) in [6.45, 7) is 2.90. The fourth-order valence-electron chi connectivity index (χ4n) is 2.23. The lowest BCUT2D eigenvalue weighted by molar-refractivity contribution is -0.136. The number of rotatable bonds is 3. The lowest BCUT2D eigenvalue weighted by Gasteiger charge is -2.33. The predicted molar refractivity (Wildman–Crippen MR) is 66.9 cm³/mol. The van der Waals surface area contributed by atoms with Crippen LogP contribution in [0.2, 0.25) is 0 Å². The van der Waals surface area contributed by atoms with Crippen molar-refractivity contribution in [1.82, 2.24) is 4.90 Å². The summed E-state index contributed by atoms with van der Waals surface area (Å²) in [4.78, 5) is 13.8. The average Bonchev–Trinajstić information content (AvgIpc) is 2.38. The zero-order valence-corrected chi connectivity index (χ0v) is 10.6. The Bertz CT molecular complexity index is 405. The van der Waals surface area contributed by atoms with Crippen molar-refractivity contribution in [3.8, 4) is 5.75 Å². The molecule has 1 amide bonds. The van der Waals surface area contributed by atoms with E-state index >= 15 is 0 Å². The summed E-state index contributed by atoms with van der Waals surface area (Å²) in [6, 6.07) is 6.00. The number of ether oxygens (including phenoxy) is 1. The van der Waals surface area contributed by atoms with E-state index in [1.165, 1.54) is 30.7 Å². The van der Waals surface area contributed by atoms with Gasteiger partial charge in [-0.2, -0.15) is 0 Å². The molecule has 1 aliphatic rings. The molecule has 1 aliphatic heterocycles. The third-order valence-corrected chi connectivity index (χ3v) is 3.30. The van der Waals surface area contributed by atoms with Gasteiger partial charge in [0.15, 0.2) is 6.61 Å². The van der Waals surface area contributed by atoms with Crippen molar-refractivity contribution < 1.29 is 13.9 Å². The molecule has 98 valence electrons. The molecule has 2 rings (SSSR count). The van der Waals surface area contributed by atoms with E-state index in [1.54, 1.807) is 0 Å². The minimum absolute atomic E-state index is 0.00604. The van der Waals surface area contributed by atoms with Crippen molar-refractivity contribution >= 4 is 5.91 Å². The second kappa shape index (κ2) is 5.85. The Hall–Kier alpha value is -1.58. The summed E-state index contributed by atoms with van der Waals surface area (Å²) in [6.07, 6.45) is 3.30. The fraction of sp³-hybridized carbons (Fsp3) is 0.500. The second-order valence-electron chi connectivity index (χ2n) is 4.67. The maximum atomic E-state index is 12.7. The lowest BCUT2D eigenvalue weighted by atomic mass is 10.0. The monoisotopic (exact) mass is 251 g/mol. The first-order valence-corrected chi connectivity index (χ1v) is 6.34. The summed E-state index contributed by atoms with van der Waals surface area (Å²) in [5.74, 6) is 0.222. The van der Waals surface area contributed by atoms with Crippen molar-refractivity contribution in [1.29, 1.82) is 0 Å². The van der Waals surface area contributed by atoms with Crippen LogP contribution in [0, 0.1) is 5.82 Å². The Balaban J connectivity index is 1.85. The molecule has 0 bridgehead atoms. The molecular formula is C14H18FNO2. The van der Waals surface area contributed by atoms with Crippen LogP contribution in [0.1, 0.15) is 26.2 Å². The van der Waals surface area contributed by atoms with Crippen molar-refractivity contribution in [3.05, 3.63) is 30.1 Å². The third-order valence-electron chi connectivity index (χ3n) is 3.30. The summed E-state index contributed by atoms with van der Waals surface area (Å²) < 4.78 is 18.1. The molecular weight excluding hydrogens is 233 g/mol. The molecule has 1 atom stereocenters. The van der Waals surface area contributed by atoms with Gasteiger partial charge in [0.25, 0.3) is 5.91 Å². The van der Waals surface area contributed by atoms with Gasteiger partial charge >= 0.3 is 0 Å². The van der Waals surface area contributed by atoms with E-state index in [0.29, 0.717) is 11.8 Å². The first-order valence-electron chi connectivity index (χ1n) is 6.34. The molecule has 1 saturated heterocycles. The number of carbonyl (C=O) groups excluding carboxylic acids is 1. The number of halogens is 1. The highest BCUT2D eigenvalue weighted by molar-refractivity contribution is 5.78. The van der Waals surface area contributed by atoms with Crippen molar-refractivity contribution in [2.75, 3.05) is 13.2 Å². The minimum atomic E-state index is -0.307. The average molecular weight is 251 g/mol. The Kier molecular flexibility index (Phi) is 4.18. The molecule has 0 aliphatic carbocycles. The number of hydrogen-bond acceptors (Lipinski definition) is 2. The highest BCUT2D eigenvalue weighted by Gasteiger charge is 2.23. The van der Waals surface area contributed by atoms with Gasteiger partial charge in [-0.1, -0.05) is 0 Å². The summed E-state index contributed by atoms with van der Waals surface area (Å²) in [7, 11) is 0. The number of benzene rings is 1. The van der Waals surface area contributed by atoms with Gasteiger partial charge in [0.1, 0.15) is 11.6 Å². The standard InChI is InChI=1S/C14H18FNO2/c1-11-4-2-3-9-16(11)14(17)10-18-13-7-5-12(15)6-8-13/h5-8,11H,2-4,9-10H2,1H3/t11-/m0/s1. The van der Waals surface area contributed by atoms with E-state index < -0.39 is 0 Å². The molecule has 0 unspecified atom stereocenters. The van der Waals surface area contributed by atoms with Gasteiger partial charge < -0.3 is 9.64 Å². The third kappa shape index (κ3) is 3.22. The summed E-state index contributed by atoms with van der Waals surface area (Å²) in [5.41, 5.74) is 0. The molecule has 4 heteroatoms. The van der Waals surface area contributed by atoms with Gasteiger partial charge in [0.2, 0.25) is 0 Å². The molecule has 18 heavy (non-hydrogen) atoms. The predicted octanol–water partition coefficient (Wildman–Crippen LogP) is 2.61. The molecule has 0 spiro atoms. The topological polar surface area (TPSA) is 29.5 Å². The van der Waals surface area contributed by atoms with Crippen LogP contribution in [-0.4, -0.2) is 30.0 Å². The van der Waals surface area contributed by atoms with Crippen LogP contribution in [0.4, 0.5) is 4.39 Å². The molecule has 1 aromatic rings. The van der Waals surface area contributed by atoms with E-state index in [1.807, 2.05) is 4.90 Å². The summed E-state index contributed by atoms with van der Waals surface area (Å²) in [5, 5.41) is 0. The molecule has 3 nitrogen and oxygen atoms in total. The first kappa shape index (κ1) is 12.9. The van der Waals surface area contributed by atoms with Crippen LogP contribution in [0.3, 0.4) is 0 Å². The number of amides is 1. The van der Waals surface area contributed by atoms with Crippen LogP contribution in [-0.2, 0) is 4.79 Å². The van der Waals surface area contributed by atoms with Gasteiger partial charge in [-0.25, -0.2) is 4.39 Å². The van der Waals surface area contributed by atoms with Gasteiger partial charge in [-0.05, 0) is 50.5 Å². The molecule has 0 N–H and O–H groups in total. The number of piperidine rings is 1. The minimum Gasteiger partial charge on any atom is -0.484 e. The maximum Gasteiger partial charge on any atom is 0.260 e. The van der Waals surface area contributed by atoms with Crippen LogP contribution in [0.5, 0.6) is 5.75 Å². The molecule has 0 saturated carbocycles. The summed E-state index contributed by atoms with van der Waals surface area (Å²) >= 11 is 0. The number of nitrogens with zero attached hydrogens (tertiary/aromatic N) is 1. The highest BCUT2D eigenvalue weighted by Crippen LogP contribution is 2.17. The molecule has 0 aromatic heterocycles. The first-order chi connectivity index (χ1) is 8.66. The van der Waals surface area contributed by atoms with Crippen molar-refractivity contribution in [3.63, 3.8) is 0 Å². The molecule has 0 radical (unpaired) electrons. The number of carbonyl (C=O) groups is 1. The highest BCUT2D eigenvalue weighted by atomic mass is 19.1. The Morgan fingerprint density at radius 3 is 2.78 bits per heavy atom. The van der Waals surface area contributed by atoms with Gasteiger partial charge in [-0.15, -0.1) is 0 Å². The normalized spacial score (nSPS) is 19.7. The largest absolute Gasteiger partial charge is 0.484 e. The van der Waals surface area contributed by atoms with E-state index in [0.717, 1.165) is 19.4 Å². The van der Waals surface area contributed by atoms with Crippen molar-refractivity contribution in [2.45, 2.75) is 32.2 Å². The Morgan fingerprint density at radius 2 is 2.11 bits per heavy atom. The maximum absolute atomic E-state index is 12.7. The Morgan fingerprint density at radius 1 is 1.39 bits per heavy atom. The smallest absolute Gasteiger partial charge is 0.260 e. The number of hydrogen-bond donors (Lipinski definition) is 0. The van der Waals surface area contributed by atoms with Gasteiger partial charge in [0.05, 0.1) is 0 Å². The zero-order valence-electron chi connectivity index (χ0n) is 10.6. The quantitative estimate of drug-likeness (QED) is 0.826. The van der Waals surface area contributed by atoms with E-state index in [4.69, 9.17) is 4.74 Å². The second-order valence-corrected chi connectivity index (χ2v) is 4.67. The number of likely N-dealkylation sites (tertiary alicyclic amines) is 1. The van der Waals surface area contributed by atoms with Crippen LogP contribution in [0.25, 0.3) is 0 Å².